The lowest BCUT2D eigenvalue weighted by Gasteiger charge is -2.30. The van der Waals surface area contributed by atoms with Crippen molar-refractivity contribution >= 4 is 16.9 Å². The molecular weight excluding hydrogens is 438 g/mol. The minimum absolute atomic E-state index is 0.282. The second kappa shape index (κ2) is 9.92. The molecule has 6 nitrogen and oxygen atoms in total. The first kappa shape index (κ1) is 23.1. The van der Waals surface area contributed by atoms with Gasteiger partial charge in [0.1, 0.15) is 5.75 Å². The summed E-state index contributed by atoms with van der Waals surface area (Å²) in [5.74, 6) is 1.01. The van der Waals surface area contributed by atoms with Crippen LogP contribution in [-0.2, 0) is 4.74 Å². The van der Waals surface area contributed by atoms with Gasteiger partial charge >= 0.3 is 5.97 Å². The Balaban J connectivity index is 1.66. The Hall–Kier alpha value is -3.64. The van der Waals surface area contributed by atoms with E-state index in [1.54, 1.807) is 7.11 Å². The Labute approximate surface area is 205 Å². The average molecular weight is 470 g/mol. The molecule has 5 rings (SSSR count). The molecule has 180 valence electrons. The first-order valence-electron chi connectivity index (χ1n) is 12.1. The van der Waals surface area contributed by atoms with Crippen molar-refractivity contribution in [1.29, 1.82) is 0 Å². The van der Waals surface area contributed by atoms with Gasteiger partial charge in [-0.1, -0.05) is 18.2 Å². The maximum Gasteiger partial charge on any atom is 0.338 e. The second-order valence-corrected chi connectivity index (χ2v) is 9.18. The molecule has 2 atom stereocenters. The topological polar surface area (TPSA) is 65.4 Å². The fraction of sp³-hybridized carbons (Fsp3) is 0.310. The Morgan fingerprint density at radius 3 is 2.60 bits per heavy atom. The Morgan fingerprint density at radius 2 is 1.89 bits per heavy atom. The van der Waals surface area contributed by atoms with Gasteiger partial charge in [0, 0.05) is 52.2 Å². The molecule has 1 aliphatic rings. The molecule has 2 aromatic carbocycles. The first-order valence-corrected chi connectivity index (χ1v) is 12.1. The van der Waals surface area contributed by atoms with Crippen molar-refractivity contribution in [2.75, 3.05) is 27.3 Å². The minimum Gasteiger partial charge on any atom is -0.497 e. The number of carbonyl (C=O) groups excluding carboxylic acids is 1. The van der Waals surface area contributed by atoms with Gasteiger partial charge in [-0.05, 0) is 74.7 Å². The molecule has 4 aromatic rings. The van der Waals surface area contributed by atoms with Crippen LogP contribution >= 0.6 is 0 Å². The Bertz CT molecular complexity index is 1340. The quantitative estimate of drug-likeness (QED) is 0.366. The fourth-order valence-electron chi connectivity index (χ4n) is 5.19. The standard InChI is InChI=1S/C29H31N3O3/c1-19(21-6-5-13-30-15-21)32-18-26(28-25(29(33)35-3)7-4-8-27(28)32)23-14-22(16-31-17-23)20-9-11-24(34-2)12-10-20/h4,7-12,14,16-19,21,30H,5-6,13,15H2,1-3H3. The third-order valence-corrected chi connectivity index (χ3v) is 7.19. The summed E-state index contributed by atoms with van der Waals surface area (Å²) in [6.45, 7) is 4.36. The molecule has 2 aromatic heterocycles. The molecule has 6 heteroatoms. The summed E-state index contributed by atoms with van der Waals surface area (Å²) in [5.41, 5.74) is 5.62. The lowest BCUT2D eigenvalue weighted by Crippen LogP contribution is -2.34. The number of methoxy groups -OCH3 is 2. The van der Waals surface area contributed by atoms with Crippen LogP contribution in [0.25, 0.3) is 33.2 Å². The van der Waals surface area contributed by atoms with Crippen molar-refractivity contribution in [3.63, 3.8) is 0 Å². The van der Waals surface area contributed by atoms with E-state index in [0.717, 1.165) is 52.0 Å². The van der Waals surface area contributed by atoms with Crippen LogP contribution in [-0.4, -0.2) is 42.8 Å². The molecular formula is C29H31N3O3. The van der Waals surface area contributed by atoms with E-state index in [2.05, 4.69) is 40.1 Å². The molecule has 0 saturated carbocycles. The zero-order valence-corrected chi connectivity index (χ0v) is 20.5. The van der Waals surface area contributed by atoms with Crippen LogP contribution in [0.15, 0.2) is 67.1 Å². The Morgan fingerprint density at radius 1 is 1.09 bits per heavy atom. The number of piperidine rings is 1. The monoisotopic (exact) mass is 469 g/mol. The summed E-state index contributed by atoms with van der Waals surface area (Å²) < 4.78 is 12.8. The smallest absolute Gasteiger partial charge is 0.338 e. The summed E-state index contributed by atoms with van der Waals surface area (Å²) in [5, 5.41) is 4.44. The molecule has 1 aliphatic heterocycles. The van der Waals surface area contributed by atoms with Crippen LogP contribution in [0.3, 0.4) is 0 Å². The molecule has 0 spiro atoms. The van der Waals surface area contributed by atoms with Crippen LogP contribution in [0.5, 0.6) is 5.75 Å². The molecule has 35 heavy (non-hydrogen) atoms. The largest absolute Gasteiger partial charge is 0.497 e. The van der Waals surface area contributed by atoms with Crippen molar-refractivity contribution in [3.8, 4) is 28.0 Å². The van der Waals surface area contributed by atoms with Crippen molar-refractivity contribution in [3.05, 3.63) is 72.7 Å². The number of benzene rings is 2. The molecule has 1 saturated heterocycles. The van der Waals surface area contributed by atoms with Crippen molar-refractivity contribution < 1.29 is 14.3 Å². The van der Waals surface area contributed by atoms with E-state index in [4.69, 9.17) is 9.47 Å². The number of pyridine rings is 1. The van der Waals surface area contributed by atoms with Crippen LogP contribution in [0.1, 0.15) is 36.2 Å². The van der Waals surface area contributed by atoms with Crippen LogP contribution in [0.2, 0.25) is 0 Å². The van der Waals surface area contributed by atoms with Gasteiger partial charge in [-0.3, -0.25) is 4.98 Å². The molecule has 1 fully saturated rings. The van der Waals surface area contributed by atoms with Gasteiger partial charge in [0.15, 0.2) is 0 Å². The molecule has 2 unspecified atom stereocenters. The molecule has 0 radical (unpaired) electrons. The van der Waals surface area contributed by atoms with E-state index in [1.165, 1.54) is 20.0 Å². The van der Waals surface area contributed by atoms with Gasteiger partial charge in [0.05, 0.1) is 19.8 Å². The molecule has 0 amide bonds. The predicted molar refractivity (Wildman–Crippen MR) is 139 cm³/mol. The maximum atomic E-state index is 12.8. The van der Waals surface area contributed by atoms with Crippen LogP contribution in [0, 0.1) is 5.92 Å². The summed E-state index contributed by atoms with van der Waals surface area (Å²) >= 11 is 0. The number of hydrogen-bond acceptors (Lipinski definition) is 5. The minimum atomic E-state index is -0.333. The third-order valence-electron chi connectivity index (χ3n) is 7.19. The van der Waals surface area contributed by atoms with Gasteiger partial charge in [-0.2, -0.15) is 0 Å². The number of aromatic nitrogens is 2. The van der Waals surface area contributed by atoms with E-state index >= 15 is 0 Å². The zero-order valence-electron chi connectivity index (χ0n) is 20.5. The summed E-state index contributed by atoms with van der Waals surface area (Å²) in [4.78, 5) is 17.3. The highest BCUT2D eigenvalue weighted by Gasteiger charge is 2.25. The molecule has 1 N–H and O–H groups in total. The number of hydrogen-bond donors (Lipinski definition) is 1. The Kier molecular flexibility index (Phi) is 6.55. The zero-order chi connectivity index (χ0) is 24.4. The number of esters is 1. The highest BCUT2D eigenvalue weighted by molar-refractivity contribution is 6.10. The highest BCUT2D eigenvalue weighted by atomic mass is 16.5. The van der Waals surface area contributed by atoms with E-state index in [0.29, 0.717) is 11.5 Å². The van der Waals surface area contributed by atoms with Gasteiger partial charge in [-0.25, -0.2) is 4.79 Å². The van der Waals surface area contributed by atoms with Crippen molar-refractivity contribution in [2.24, 2.45) is 5.92 Å². The summed E-state index contributed by atoms with van der Waals surface area (Å²) in [7, 11) is 3.09. The molecule has 0 bridgehead atoms. The van der Waals surface area contributed by atoms with E-state index in [9.17, 15) is 4.79 Å². The van der Waals surface area contributed by atoms with Gasteiger partial charge in [0.2, 0.25) is 0 Å². The lowest BCUT2D eigenvalue weighted by molar-refractivity contribution is 0.0603. The lowest BCUT2D eigenvalue weighted by atomic mass is 9.92. The molecule has 0 aliphatic carbocycles. The van der Waals surface area contributed by atoms with E-state index in [1.807, 2.05) is 48.8 Å². The normalized spacial score (nSPS) is 16.7. The number of rotatable bonds is 6. The number of fused-ring (bicyclic) bond motifs is 1. The van der Waals surface area contributed by atoms with Gasteiger partial charge in [-0.15, -0.1) is 0 Å². The van der Waals surface area contributed by atoms with Gasteiger partial charge in [0.25, 0.3) is 0 Å². The van der Waals surface area contributed by atoms with Crippen LogP contribution < -0.4 is 10.1 Å². The summed E-state index contributed by atoms with van der Waals surface area (Å²) in [6, 6.07) is 16.2. The molecule has 3 heterocycles. The SMILES string of the molecule is COC(=O)c1cccc2c1c(-c1cncc(-c3ccc(OC)cc3)c1)cn2C(C)C1CCCNC1. The fourth-order valence-corrected chi connectivity index (χ4v) is 5.19. The predicted octanol–water partition coefficient (Wildman–Crippen LogP) is 5.73. The number of ether oxygens (including phenoxy) is 2. The number of nitrogens with one attached hydrogen (secondary N) is 1. The van der Waals surface area contributed by atoms with E-state index < -0.39 is 0 Å². The first-order chi connectivity index (χ1) is 17.1. The second-order valence-electron chi connectivity index (χ2n) is 9.18. The number of nitrogens with zero attached hydrogens (tertiary/aromatic N) is 2. The third kappa shape index (κ3) is 4.42. The van der Waals surface area contributed by atoms with Gasteiger partial charge < -0.3 is 19.4 Å². The maximum absolute atomic E-state index is 12.8. The number of carbonyl (C=O) groups is 1. The van der Waals surface area contributed by atoms with Crippen molar-refractivity contribution in [1.82, 2.24) is 14.9 Å². The average Bonchev–Trinajstić information content (AvgIpc) is 3.33. The van der Waals surface area contributed by atoms with Crippen molar-refractivity contribution in [2.45, 2.75) is 25.8 Å². The van der Waals surface area contributed by atoms with E-state index in [-0.39, 0.29) is 12.0 Å². The highest BCUT2D eigenvalue weighted by Crippen LogP contribution is 2.38. The van der Waals surface area contributed by atoms with Crippen LogP contribution in [0.4, 0.5) is 0 Å². The summed E-state index contributed by atoms with van der Waals surface area (Å²) in [6.07, 6.45) is 8.29.